The van der Waals surface area contributed by atoms with Crippen LogP contribution in [0.4, 0.5) is 11.4 Å². The second-order valence-electron chi connectivity index (χ2n) is 5.02. The van der Waals surface area contributed by atoms with E-state index in [-0.39, 0.29) is 16.9 Å². The van der Waals surface area contributed by atoms with E-state index in [9.17, 15) is 25.0 Å². The summed E-state index contributed by atoms with van der Waals surface area (Å²) in [5, 5.41) is 21.9. The summed E-state index contributed by atoms with van der Waals surface area (Å²) in [5.41, 5.74) is -0.558. The normalized spacial score (nSPS) is 10.5. The first-order valence-corrected chi connectivity index (χ1v) is 7.24. The number of ether oxygens (including phenoxy) is 2. The molecule has 134 valence electrons. The number of nitro groups is 2. The highest BCUT2D eigenvalue weighted by molar-refractivity contribution is 6.09. The summed E-state index contributed by atoms with van der Waals surface area (Å²) in [6.45, 7) is 0. The zero-order chi connectivity index (χ0) is 19.3. The minimum atomic E-state index is -0.745. The molecule has 0 spiro atoms. The molecule has 0 aliphatic carbocycles. The number of hydrogen-bond acceptors (Lipinski definition) is 7. The molecule has 2 rings (SSSR count). The summed E-state index contributed by atoms with van der Waals surface area (Å²) in [6, 6.07) is 7.82. The molecular formula is C17H14N2O7. The molecule has 0 saturated heterocycles. The van der Waals surface area contributed by atoms with Crippen molar-refractivity contribution in [1.82, 2.24) is 0 Å². The molecule has 0 aliphatic rings. The molecule has 9 heteroatoms. The summed E-state index contributed by atoms with van der Waals surface area (Å²) >= 11 is 0. The first kappa shape index (κ1) is 18.6. The molecule has 2 aromatic carbocycles. The van der Waals surface area contributed by atoms with E-state index >= 15 is 0 Å². The Kier molecular flexibility index (Phi) is 5.63. The molecule has 26 heavy (non-hydrogen) atoms. The van der Waals surface area contributed by atoms with Crippen LogP contribution in [0.5, 0.6) is 11.5 Å². The van der Waals surface area contributed by atoms with Crippen LogP contribution in [0.1, 0.15) is 15.9 Å². The standard InChI is InChI=1S/C17H14N2O7/c1-25-13-6-7-14(17(10-13)26-2)16(20)8-4-11-3-5-12(18(21)22)9-15(11)19(23)24/h3-10H,1-2H3. The fourth-order valence-corrected chi connectivity index (χ4v) is 2.20. The van der Waals surface area contributed by atoms with Crippen molar-refractivity contribution in [2.45, 2.75) is 0 Å². The van der Waals surface area contributed by atoms with E-state index in [0.717, 1.165) is 18.2 Å². The SMILES string of the molecule is COc1ccc(C(=O)C=Cc2ccc([N+](=O)[O-])cc2[N+](=O)[O-])c(OC)c1. The molecule has 0 bridgehead atoms. The van der Waals surface area contributed by atoms with Crippen LogP contribution in [0.3, 0.4) is 0 Å². The van der Waals surface area contributed by atoms with Gasteiger partial charge in [-0.1, -0.05) is 0 Å². The lowest BCUT2D eigenvalue weighted by molar-refractivity contribution is -0.394. The summed E-state index contributed by atoms with van der Waals surface area (Å²) in [5.74, 6) is 0.350. The fourth-order valence-electron chi connectivity index (χ4n) is 2.20. The second-order valence-corrected chi connectivity index (χ2v) is 5.02. The number of benzene rings is 2. The number of carbonyl (C=O) groups excluding carboxylic acids is 1. The summed E-state index contributed by atoms with van der Waals surface area (Å²) in [7, 11) is 2.88. The molecule has 0 heterocycles. The number of nitro benzene ring substituents is 2. The molecular weight excluding hydrogens is 344 g/mol. The largest absolute Gasteiger partial charge is 0.497 e. The van der Waals surface area contributed by atoms with Gasteiger partial charge in [0.25, 0.3) is 11.4 Å². The van der Waals surface area contributed by atoms with Crippen molar-refractivity contribution in [3.63, 3.8) is 0 Å². The van der Waals surface area contributed by atoms with E-state index in [4.69, 9.17) is 9.47 Å². The minimum Gasteiger partial charge on any atom is -0.497 e. The zero-order valence-electron chi connectivity index (χ0n) is 13.9. The van der Waals surface area contributed by atoms with E-state index in [1.165, 1.54) is 38.5 Å². The maximum Gasteiger partial charge on any atom is 0.283 e. The molecule has 0 aromatic heterocycles. The van der Waals surface area contributed by atoms with Crippen molar-refractivity contribution in [3.8, 4) is 11.5 Å². The van der Waals surface area contributed by atoms with Crippen molar-refractivity contribution in [2.75, 3.05) is 14.2 Å². The minimum absolute atomic E-state index is 0.0708. The maximum absolute atomic E-state index is 12.4. The van der Waals surface area contributed by atoms with Crippen molar-refractivity contribution in [2.24, 2.45) is 0 Å². The van der Waals surface area contributed by atoms with Crippen molar-refractivity contribution >= 4 is 23.2 Å². The van der Waals surface area contributed by atoms with Crippen molar-refractivity contribution in [3.05, 3.63) is 73.8 Å². The van der Waals surface area contributed by atoms with E-state index in [1.54, 1.807) is 6.07 Å². The third-order valence-corrected chi connectivity index (χ3v) is 3.51. The molecule has 0 saturated carbocycles. The number of carbonyl (C=O) groups is 1. The number of rotatable bonds is 7. The first-order chi connectivity index (χ1) is 12.4. The fraction of sp³-hybridized carbons (Fsp3) is 0.118. The molecule has 2 aromatic rings. The van der Waals surface area contributed by atoms with Crippen LogP contribution in [0.2, 0.25) is 0 Å². The van der Waals surface area contributed by atoms with E-state index < -0.39 is 27.0 Å². The van der Waals surface area contributed by atoms with Gasteiger partial charge >= 0.3 is 0 Å². The highest BCUT2D eigenvalue weighted by Crippen LogP contribution is 2.27. The van der Waals surface area contributed by atoms with Crippen LogP contribution >= 0.6 is 0 Å². The molecule has 0 atom stereocenters. The first-order valence-electron chi connectivity index (χ1n) is 7.24. The number of ketones is 1. The maximum atomic E-state index is 12.4. The van der Waals surface area contributed by atoms with Crippen LogP contribution < -0.4 is 9.47 Å². The average molecular weight is 358 g/mol. The molecule has 0 fully saturated rings. The monoisotopic (exact) mass is 358 g/mol. The number of hydrogen-bond donors (Lipinski definition) is 0. The van der Waals surface area contributed by atoms with Crippen LogP contribution in [0.15, 0.2) is 42.5 Å². The summed E-state index contributed by atoms with van der Waals surface area (Å²) < 4.78 is 10.2. The number of methoxy groups -OCH3 is 2. The Bertz CT molecular complexity index is 906. The van der Waals surface area contributed by atoms with E-state index in [1.807, 2.05) is 0 Å². The predicted octanol–water partition coefficient (Wildman–Crippen LogP) is 3.42. The molecule has 0 radical (unpaired) electrons. The smallest absolute Gasteiger partial charge is 0.283 e. The lowest BCUT2D eigenvalue weighted by atomic mass is 10.1. The number of non-ortho nitro benzene ring substituents is 1. The van der Waals surface area contributed by atoms with Gasteiger partial charge in [-0.05, 0) is 30.4 Å². The zero-order valence-corrected chi connectivity index (χ0v) is 13.9. The van der Waals surface area contributed by atoms with Crippen molar-refractivity contribution < 1.29 is 24.1 Å². The van der Waals surface area contributed by atoms with Gasteiger partial charge in [0.1, 0.15) is 11.5 Å². The van der Waals surface area contributed by atoms with Gasteiger partial charge in [0.2, 0.25) is 0 Å². The molecule has 0 unspecified atom stereocenters. The van der Waals surface area contributed by atoms with Gasteiger partial charge < -0.3 is 9.47 Å². The quantitative estimate of drug-likeness (QED) is 0.322. The Hall–Kier alpha value is -3.75. The Balaban J connectivity index is 2.36. The second kappa shape index (κ2) is 7.88. The third-order valence-electron chi connectivity index (χ3n) is 3.51. The van der Waals surface area contributed by atoms with Crippen molar-refractivity contribution in [1.29, 1.82) is 0 Å². The lowest BCUT2D eigenvalue weighted by Crippen LogP contribution is -2.00. The molecule has 9 nitrogen and oxygen atoms in total. The summed E-state index contributed by atoms with van der Waals surface area (Å²) in [4.78, 5) is 32.8. The van der Waals surface area contributed by atoms with E-state index in [0.29, 0.717) is 5.75 Å². The van der Waals surface area contributed by atoms with Gasteiger partial charge in [-0.15, -0.1) is 0 Å². The van der Waals surface area contributed by atoms with Gasteiger partial charge in [0.15, 0.2) is 5.78 Å². The number of allylic oxidation sites excluding steroid dienone is 1. The summed E-state index contributed by atoms with van der Waals surface area (Å²) in [6.07, 6.45) is 2.37. The Morgan fingerprint density at radius 3 is 2.31 bits per heavy atom. The number of nitrogens with zero attached hydrogens (tertiary/aromatic N) is 2. The Morgan fingerprint density at radius 2 is 1.73 bits per heavy atom. The third kappa shape index (κ3) is 4.01. The van der Waals surface area contributed by atoms with Gasteiger partial charge in [0.05, 0.1) is 41.3 Å². The van der Waals surface area contributed by atoms with Gasteiger partial charge in [-0.3, -0.25) is 25.0 Å². The topological polar surface area (TPSA) is 122 Å². The van der Waals surface area contributed by atoms with Crippen LogP contribution in [-0.2, 0) is 0 Å². The molecule has 0 aliphatic heterocycles. The van der Waals surface area contributed by atoms with Crippen LogP contribution in [-0.4, -0.2) is 29.8 Å². The predicted molar refractivity (Wildman–Crippen MR) is 92.7 cm³/mol. The van der Waals surface area contributed by atoms with E-state index in [2.05, 4.69) is 0 Å². The van der Waals surface area contributed by atoms with Crippen LogP contribution in [0, 0.1) is 20.2 Å². The highest BCUT2D eigenvalue weighted by Gasteiger charge is 2.18. The molecule has 0 amide bonds. The molecule has 0 N–H and O–H groups in total. The average Bonchev–Trinajstić information content (AvgIpc) is 2.65. The lowest BCUT2D eigenvalue weighted by Gasteiger charge is -2.07. The van der Waals surface area contributed by atoms with Crippen LogP contribution in [0.25, 0.3) is 6.08 Å². The highest BCUT2D eigenvalue weighted by atomic mass is 16.6. The van der Waals surface area contributed by atoms with Gasteiger partial charge in [-0.2, -0.15) is 0 Å². The Morgan fingerprint density at radius 1 is 1.00 bits per heavy atom. The Labute approximate surface area is 147 Å². The van der Waals surface area contributed by atoms with Gasteiger partial charge in [0, 0.05) is 12.1 Å². The van der Waals surface area contributed by atoms with Gasteiger partial charge in [-0.25, -0.2) is 0 Å².